The summed E-state index contributed by atoms with van der Waals surface area (Å²) in [6.07, 6.45) is 3.73. The summed E-state index contributed by atoms with van der Waals surface area (Å²) in [7, 11) is 0. The second kappa shape index (κ2) is 10.8. The van der Waals surface area contributed by atoms with Gasteiger partial charge in [0.25, 0.3) is 0 Å². The summed E-state index contributed by atoms with van der Waals surface area (Å²) in [5.41, 5.74) is 3.80. The van der Waals surface area contributed by atoms with Crippen molar-refractivity contribution in [3.05, 3.63) is 89.3 Å². The smallest absolute Gasteiger partial charge is 0.243 e. The average Bonchev–Trinajstić information content (AvgIpc) is 3.48. The molecule has 2 atom stereocenters. The van der Waals surface area contributed by atoms with Crippen molar-refractivity contribution in [3.63, 3.8) is 0 Å². The van der Waals surface area contributed by atoms with Crippen molar-refractivity contribution >= 4 is 40.1 Å². The van der Waals surface area contributed by atoms with E-state index in [9.17, 15) is 18.8 Å². The van der Waals surface area contributed by atoms with Crippen molar-refractivity contribution in [2.24, 2.45) is 0 Å². The first-order chi connectivity index (χ1) is 18.3. The Kier molecular flexibility index (Phi) is 7.24. The summed E-state index contributed by atoms with van der Waals surface area (Å²) in [4.78, 5) is 44.2. The number of aromatic nitrogens is 2. The lowest BCUT2D eigenvalue weighted by molar-refractivity contribution is -0.139. The van der Waals surface area contributed by atoms with Crippen molar-refractivity contribution in [2.45, 2.75) is 38.6 Å². The Bertz CT molecular complexity index is 1520. The summed E-state index contributed by atoms with van der Waals surface area (Å²) in [5.74, 6) is -0.939. The molecule has 0 unspecified atom stereocenters. The average molecular weight is 533 g/mol. The zero-order valence-corrected chi connectivity index (χ0v) is 21.5. The summed E-state index contributed by atoms with van der Waals surface area (Å²) >= 11 is 6.01. The second-order valence-electron chi connectivity index (χ2n) is 9.44. The van der Waals surface area contributed by atoms with Crippen LogP contribution in [0, 0.1) is 0 Å². The lowest BCUT2D eigenvalue weighted by Gasteiger charge is -2.24. The highest BCUT2D eigenvalue weighted by Crippen LogP contribution is 2.29. The van der Waals surface area contributed by atoms with Gasteiger partial charge in [0.1, 0.15) is 18.8 Å². The van der Waals surface area contributed by atoms with Crippen LogP contribution in [0.15, 0.2) is 73.2 Å². The van der Waals surface area contributed by atoms with E-state index in [1.165, 1.54) is 11.8 Å². The van der Waals surface area contributed by atoms with Crippen LogP contribution in [0.2, 0.25) is 5.02 Å². The van der Waals surface area contributed by atoms with Gasteiger partial charge in [0, 0.05) is 58.6 Å². The molecule has 3 heterocycles. The van der Waals surface area contributed by atoms with Crippen molar-refractivity contribution in [1.29, 1.82) is 0 Å². The fourth-order valence-corrected chi connectivity index (χ4v) is 5.13. The molecule has 38 heavy (non-hydrogen) atoms. The van der Waals surface area contributed by atoms with Crippen molar-refractivity contribution in [3.8, 4) is 11.1 Å². The summed E-state index contributed by atoms with van der Waals surface area (Å²) in [6, 6.07) is 15.6. The number of nitrogens with zero attached hydrogens (tertiary/aromatic N) is 3. The molecule has 194 valence electrons. The number of benzene rings is 2. The zero-order chi connectivity index (χ0) is 26.8. The molecule has 1 aliphatic heterocycles. The number of carbonyl (C=O) groups is 3. The Labute approximate surface area is 224 Å². The Morgan fingerprint density at radius 1 is 1.11 bits per heavy atom. The van der Waals surface area contributed by atoms with E-state index in [-0.39, 0.29) is 31.8 Å². The van der Waals surface area contributed by atoms with Crippen molar-refractivity contribution < 1.29 is 18.8 Å². The van der Waals surface area contributed by atoms with Gasteiger partial charge in [0.05, 0.1) is 6.54 Å². The molecular formula is C29H26ClFN4O3. The Morgan fingerprint density at radius 2 is 1.95 bits per heavy atom. The largest absolute Gasteiger partial charge is 0.350 e. The van der Waals surface area contributed by atoms with Crippen LogP contribution < -0.4 is 5.32 Å². The van der Waals surface area contributed by atoms with Crippen molar-refractivity contribution in [1.82, 2.24) is 19.8 Å². The number of fused-ring (bicyclic) bond motifs is 1. The van der Waals surface area contributed by atoms with Gasteiger partial charge in [-0.3, -0.25) is 19.4 Å². The predicted molar refractivity (Wildman–Crippen MR) is 143 cm³/mol. The molecule has 9 heteroatoms. The molecule has 1 N–H and O–H groups in total. The molecule has 1 fully saturated rings. The van der Waals surface area contributed by atoms with Crippen LogP contribution in [0.5, 0.6) is 0 Å². The Morgan fingerprint density at radius 3 is 2.68 bits per heavy atom. The van der Waals surface area contributed by atoms with E-state index < -0.39 is 24.0 Å². The number of halogens is 2. The van der Waals surface area contributed by atoms with Gasteiger partial charge < -0.3 is 14.8 Å². The summed E-state index contributed by atoms with van der Waals surface area (Å²) in [5, 5.41) is 4.06. The summed E-state index contributed by atoms with van der Waals surface area (Å²) < 4.78 is 16.1. The lowest BCUT2D eigenvalue weighted by Crippen LogP contribution is -2.46. The molecule has 0 spiro atoms. The normalized spacial score (nSPS) is 17.1. The fourth-order valence-electron chi connectivity index (χ4n) is 4.92. The first-order valence-electron chi connectivity index (χ1n) is 12.3. The summed E-state index contributed by atoms with van der Waals surface area (Å²) in [6.45, 7) is 1.42. The highest BCUT2D eigenvalue weighted by molar-refractivity contribution is 6.30. The molecule has 1 aliphatic rings. The molecule has 1 saturated heterocycles. The number of hydrogen-bond donors (Lipinski definition) is 1. The maximum absolute atomic E-state index is 14.4. The number of Topliss-reactive ketones (excluding diaryl/α,β-unsaturated/α-hetero) is 1. The number of rotatable bonds is 7. The quantitative estimate of drug-likeness (QED) is 0.346. The molecular weight excluding hydrogens is 507 g/mol. The van der Waals surface area contributed by atoms with Crippen LogP contribution in [0.3, 0.4) is 0 Å². The van der Waals surface area contributed by atoms with Crippen LogP contribution in [0.1, 0.15) is 29.3 Å². The molecule has 0 radical (unpaired) electrons. The number of pyridine rings is 1. The lowest BCUT2D eigenvalue weighted by atomic mass is 10.0. The number of carbonyl (C=O) groups excluding carboxylic acids is 3. The SMILES string of the molecule is CC(=O)c1cn(CC(=O)N2C[C@H](F)C[C@H]2C(=O)NCc2cccc(Cl)c2)c2ccc(-c3cccnc3)cc12. The predicted octanol–water partition coefficient (Wildman–Crippen LogP) is 4.81. The van der Waals surface area contributed by atoms with Gasteiger partial charge >= 0.3 is 0 Å². The Hall–Kier alpha value is -4.04. The second-order valence-corrected chi connectivity index (χ2v) is 9.88. The van der Waals surface area contributed by atoms with Crippen LogP contribution >= 0.6 is 11.6 Å². The third-order valence-corrected chi connectivity index (χ3v) is 7.02. The van der Waals surface area contributed by atoms with E-state index >= 15 is 0 Å². The van der Waals surface area contributed by atoms with Gasteiger partial charge in [-0.1, -0.05) is 35.9 Å². The molecule has 0 saturated carbocycles. The van der Waals surface area contributed by atoms with Gasteiger partial charge in [-0.2, -0.15) is 0 Å². The maximum Gasteiger partial charge on any atom is 0.243 e. The minimum absolute atomic E-state index is 0.0628. The molecule has 2 amide bonds. The molecule has 2 aromatic carbocycles. The van der Waals surface area contributed by atoms with E-state index in [1.807, 2.05) is 36.4 Å². The first-order valence-corrected chi connectivity index (χ1v) is 12.7. The number of ketones is 1. The number of alkyl halides is 1. The number of nitrogens with one attached hydrogen (secondary N) is 1. The van der Waals surface area contributed by atoms with Gasteiger partial charge in [-0.05, 0) is 48.4 Å². The standard InChI is InChI=1S/C29H26ClFN4O3/c1-18(36)25-16-34(26-8-7-20(11-24(25)26)21-5-3-9-32-14-21)17-28(37)35-15-23(31)12-27(35)29(38)33-13-19-4-2-6-22(30)10-19/h2-11,14,16,23,27H,12-13,15,17H2,1H3,(H,33,38)/t23-,27+/m1/s1. The molecule has 0 bridgehead atoms. The monoisotopic (exact) mass is 532 g/mol. The maximum atomic E-state index is 14.4. The minimum Gasteiger partial charge on any atom is -0.350 e. The van der Waals surface area contributed by atoms with E-state index in [0.29, 0.717) is 21.5 Å². The van der Waals surface area contributed by atoms with E-state index in [2.05, 4.69) is 10.3 Å². The molecule has 5 rings (SSSR count). The van der Waals surface area contributed by atoms with Crippen LogP contribution in [-0.4, -0.2) is 50.8 Å². The van der Waals surface area contributed by atoms with Crippen LogP contribution in [0.4, 0.5) is 4.39 Å². The molecule has 0 aliphatic carbocycles. The third kappa shape index (κ3) is 5.31. The van der Waals surface area contributed by atoms with Crippen LogP contribution in [0.25, 0.3) is 22.0 Å². The number of amides is 2. The van der Waals surface area contributed by atoms with Gasteiger partial charge in [-0.25, -0.2) is 4.39 Å². The zero-order valence-electron chi connectivity index (χ0n) is 20.7. The van der Waals surface area contributed by atoms with Gasteiger partial charge in [-0.15, -0.1) is 0 Å². The fraction of sp³-hybridized carbons (Fsp3) is 0.241. The topological polar surface area (TPSA) is 84.3 Å². The Balaban J connectivity index is 1.36. The van der Waals surface area contributed by atoms with E-state index in [1.54, 1.807) is 41.4 Å². The third-order valence-electron chi connectivity index (χ3n) is 6.79. The van der Waals surface area contributed by atoms with E-state index in [4.69, 9.17) is 11.6 Å². The van der Waals surface area contributed by atoms with Crippen molar-refractivity contribution in [2.75, 3.05) is 6.54 Å². The number of likely N-dealkylation sites (tertiary alicyclic amines) is 1. The molecule has 4 aromatic rings. The first kappa shape index (κ1) is 25.6. The highest BCUT2D eigenvalue weighted by Gasteiger charge is 2.39. The van der Waals surface area contributed by atoms with Crippen LogP contribution in [-0.2, 0) is 22.7 Å². The van der Waals surface area contributed by atoms with Gasteiger partial charge in [0.2, 0.25) is 11.8 Å². The molecule has 7 nitrogen and oxygen atoms in total. The van der Waals surface area contributed by atoms with Gasteiger partial charge in [0.15, 0.2) is 5.78 Å². The minimum atomic E-state index is -1.29. The highest BCUT2D eigenvalue weighted by atomic mass is 35.5. The van der Waals surface area contributed by atoms with E-state index in [0.717, 1.165) is 16.7 Å². The molecule has 2 aromatic heterocycles. The number of hydrogen-bond acceptors (Lipinski definition) is 4.